The molecule has 1 aliphatic rings. The third-order valence-corrected chi connectivity index (χ3v) is 9.75. The van der Waals surface area contributed by atoms with Crippen molar-refractivity contribution in [1.82, 2.24) is 4.57 Å². The van der Waals surface area contributed by atoms with Crippen LogP contribution in [0, 0.1) is 20.2 Å². The van der Waals surface area contributed by atoms with E-state index in [-0.39, 0.29) is 43.2 Å². The Labute approximate surface area is 252 Å². The van der Waals surface area contributed by atoms with Crippen LogP contribution in [0.4, 0.5) is 11.4 Å². The number of hydrogen-bond donors (Lipinski definition) is 1. The van der Waals surface area contributed by atoms with Crippen molar-refractivity contribution in [3.05, 3.63) is 135 Å². The number of carbonyl (C=O) groups excluding carboxylic acids is 1. The summed E-state index contributed by atoms with van der Waals surface area (Å²) < 4.78 is 34.6. The Morgan fingerprint density at radius 2 is 1.64 bits per heavy atom. The van der Waals surface area contributed by atoms with Crippen molar-refractivity contribution in [2.24, 2.45) is 5.73 Å². The number of sulfone groups is 1. The van der Waals surface area contributed by atoms with Crippen LogP contribution in [0.2, 0.25) is 0 Å². The summed E-state index contributed by atoms with van der Waals surface area (Å²) in [4.78, 5) is 48.4. The minimum Gasteiger partial charge on any atom is -0.463 e. The molecule has 0 unspecified atom stereocenters. The van der Waals surface area contributed by atoms with Gasteiger partial charge in [0.25, 0.3) is 16.9 Å². The van der Waals surface area contributed by atoms with E-state index in [2.05, 4.69) is 0 Å². The highest BCUT2D eigenvalue weighted by atomic mass is 32.2. The summed E-state index contributed by atoms with van der Waals surface area (Å²) in [5.41, 5.74) is 5.22. The lowest BCUT2D eigenvalue weighted by Crippen LogP contribution is -2.41. The SMILES string of the molecule is CCOC(=O)C1=c2s/c(=C\c3cccc([N+](=O)[O-])c3)c(=O)n2C(N)=C(S(=O)(=O)c2ccccc2)[C@@H]1c1cccc([N+](=O)[O-])c1. The molecule has 2 N–H and O–H groups in total. The van der Waals surface area contributed by atoms with Crippen molar-refractivity contribution in [3.63, 3.8) is 0 Å². The van der Waals surface area contributed by atoms with Crippen LogP contribution >= 0.6 is 11.3 Å². The van der Waals surface area contributed by atoms with E-state index in [1.54, 1.807) is 13.0 Å². The third-order valence-electron chi connectivity index (χ3n) is 6.73. The molecule has 5 rings (SSSR count). The van der Waals surface area contributed by atoms with Crippen LogP contribution in [0.15, 0.2) is 93.5 Å². The van der Waals surface area contributed by atoms with Crippen LogP contribution < -0.4 is 20.5 Å². The first-order valence-electron chi connectivity index (χ1n) is 12.9. The third kappa shape index (κ3) is 5.29. The molecule has 0 bridgehead atoms. The number of rotatable bonds is 8. The van der Waals surface area contributed by atoms with Gasteiger partial charge in [-0.2, -0.15) is 0 Å². The molecule has 0 saturated heterocycles. The number of benzene rings is 3. The van der Waals surface area contributed by atoms with Gasteiger partial charge in [-0.05, 0) is 36.3 Å². The summed E-state index contributed by atoms with van der Waals surface area (Å²) in [5, 5.41) is 23.0. The Hall–Kier alpha value is -5.41. The molecule has 0 amide bonds. The molecule has 13 nitrogen and oxygen atoms in total. The smallest absolute Gasteiger partial charge is 0.338 e. The lowest BCUT2D eigenvalue weighted by atomic mass is 9.89. The number of non-ortho nitro benzene ring substituents is 2. The van der Waals surface area contributed by atoms with Crippen molar-refractivity contribution in [2.75, 3.05) is 6.61 Å². The van der Waals surface area contributed by atoms with Crippen LogP contribution in [0.3, 0.4) is 0 Å². The van der Waals surface area contributed by atoms with Crippen molar-refractivity contribution < 1.29 is 27.8 Å². The maximum atomic E-state index is 14.2. The van der Waals surface area contributed by atoms with E-state index in [1.807, 2.05) is 0 Å². The first-order valence-corrected chi connectivity index (χ1v) is 15.2. The van der Waals surface area contributed by atoms with Gasteiger partial charge < -0.3 is 10.5 Å². The number of nitrogens with two attached hydrogens (primary N) is 1. The van der Waals surface area contributed by atoms with E-state index in [9.17, 15) is 38.2 Å². The molecular weight excluding hydrogens is 612 g/mol. The van der Waals surface area contributed by atoms with Crippen molar-refractivity contribution in [1.29, 1.82) is 0 Å². The standard InChI is InChI=1S/C29H22N4O9S2/c1-2-42-29(35)24-23(18-9-7-11-20(16-18)33(38)39)25(44(40,41)21-12-4-3-5-13-21)26(30)31-27(34)22(43-28(24)31)15-17-8-6-10-19(14-17)32(36)37/h3-16,23H,2,30H2,1H3/b22-15-/t23-/m1/s1. The van der Waals surface area contributed by atoms with Crippen molar-refractivity contribution >= 4 is 56.0 Å². The molecule has 0 radical (unpaired) electrons. The van der Waals surface area contributed by atoms with Crippen molar-refractivity contribution in [2.45, 2.75) is 17.7 Å². The molecular formula is C29H22N4O9S2. The van der Waals surface area contributed by atoms with Crippen LogP contribution in [-0.2, 0) is 19.4 Å². The highest BCUT2D eigenvalue weighted by molar-refractivity contribution is 7.95. The van der Waals surface area contributed by atoms with Gasteiger partial charge >= 0.3 is 5.97 Å². The predicted molar refractivity (Wildman–Crippen MR) is 161 cm³/mol. The summed E-state index contributed by atoms with van der Waals surface area (Å²) in [5.74, 6) is -2.97. The summed E-state index contributed by atoms with van der Waals surface area (Å²) >= 11 is 0.799. The first kappa shape index (κ1) is 30.1. The molecule has 0 spiro atoms. The predicted octanol–water partition coefficient (Wildman–Crippen LogP) is 2.62. The fourth-order valence-corrected chi connectivity index (χ4v) is 7.71. The van der Waals surface area contributed by atoms with Crippen LogP contribution in [-0.4, -0.2) is 35.4 Å². The van der Waals surface area contributed by atoms with Crippen LogP contribution in [0.1, 0.15) is 24.0 Å². The normalized spacial score (nSPS) is 15.2. The zero-order valence-electron chi connectivity index (χ0n) is 22.8. The fourth-order valence-electron chi connectivity index (χ4n) is 4.84. The van der Waals surface area contributed by atoms with Gasteiger partial charge in [-0.25, -0.2) is 13.2 Å². The molecule has 3 aromatic carbocycles. The van der Waals surface area contributed by atoms with Gasteiger partial charge in [0.1, 0.15) is 15.4 Å². The number of thiazole rings is 1. The fraction of sp³-hybridized carbons (Fsp3) is 0.103. The molecule has 1 aromatic heterocycles. The molecule has 0 saturated carbocycles. The van der Waals surface area contributed by atoms with Gasteiger partial charge in [-0.3, -0.25) is 29.6 Å². The van der Waals surface area contributed by atoms with E-state index in [1.165, 1.54) is 72.8 Å². The second-order valence-electron chi connectivity index (χ2n) is 9.39. The quantitative estimate of drug-likeness (QED) is 0.171. The molecule has 0 fully saturated rings. The highest BCUT2D eigenvalue weighted by Crippen LogP contribution is 2.42. The Balaban J connectivity index is 1.93. The molecule has 4 aromatic rings. The lowest BCUT2D eigenvalue weighted by Gasteiger charge is -2.28. The van der Waals surface area contributed by atoms with Gasteiger partial charge in [0.05, 0.1) is 37.4 Å². The topological polar surface area (TPSA) is 195 Å². The van der Waals surface area contributed by atoms with Crippen molar-refractivity contribution in [3.8, 4) is 0 Å². The highest BCUT2D eigenvalue weighted by Gasteiger charge is 2.42. The monoisotopic (exact) mass is 634 g/mol. The minimum absolute atomic E-state index is 0.0126. The molecule has 1 atom stereocenters. The summed E-state index contributed by atoms with van der Waals surface area (Å²) in [6.45, 7) is 1.44. The zero-order valence-corrected chi connectivity index (χ0v) is 24.4. The largest absolute Gasteiger partial charge is 0.463 e. The number of nitrogens with zero attached hydrogens (tertiary/aromatic N) is 3. The van der Waals surface area contributed by atoms with E-state index < -0.39 is 47.9 Å². The maximum absolute atomic E-state index is 14.2. The lowest BCUT2D eigenvalue weighted by molar-refractivity contribution is -0.385. The van der Waals surface area contributed by atoms with E-state index in [0.717, 1.165) is 22.0 Å². The van der Waals surface area contributed by atoms with Gasteiger partial charge in [0.2, 0.25) is 9.84 Å². The van der Waals surface area contributed by atoms with Gasteiger partial charge in [-0.15, -0.1) is 11.3 Å². The number of fused-ring (bicyclic) bond motifs is 1. The van der Waals surface area contributed by atoms with Gasteiger partial charge in [-0.1, -0.05) is 42.5 Å². The maximum Gasteiger partial charge on any atom is 0.338 e. The number of hydrogen-bond acceptors (Lipinski definition) is 11. The Kier molecular flexibility index (Phi) is 7.99. The number of aromatic nitrogens is 1. The molecule has 1 aliphatic heterocycles. The molecule has 0 aliphatic carbocycles. The van der Waals surface area contributed by atoms with E-state index in [0.29, 0.717) is 5.56 Å². The average Bonchev–Trinajstić information content (AvgIpc) is 3.32. The minimum atomic E-state index is -4.53. The molecule has 224 valence electrons. The molecule has 44 heavy (non-hydrogen) atoms. The second-order valence-corrected chi connectivity index (χ2v) is 12.3. The Morgan fingerprint density at radius 3 is 2.27 bits per heavy atom. The number of nitro groups is 2. The van der Waals surface area contributed by atoms with E-state index >= 15 is 0 Å². The average molecular weight is 635 g/mol. The van der Waals surface area contributed by atoms with Gasteiger partial charge in [0.15, 0.2) is 0 Å². The molecule has 15 heteroatoms. The van der Waals surface area contributed by atoms with Gasteiger partial charge in [0, 0.05) is 24.3 Å². The number of carbonyl (C=O) groups is 1. The summed E-state index contributed by atoms with van der Waals surface area (Å²) in [6, 6.07) is 17.8. The number of esters is 1. The van der Waals surface area contributed by atoms with Crippen LogP contribution in [0.25, 0.3) is 17.5 Å². The Bertz CT molecular complexity index is 2170. The van der Waals surface area contributed by atoms with E-state index in [4.69, 9.17) is 10.5 Å². The number of allylic oxidation sites excluding steroid dienone is 1. The first-order chi connectivity index (χ1) is 20.9. The number of ether oxygens (including phenoxy) is 1. The summed E-state index contributed by atoms with van der Waals surface area (Å²) in [6.07, 6.45) is 1.36. The Morgan fingerprint density at radius 1 is 1.00 bits per heavy atom. The summed E-state index contributed by atoms with van der Waals surface area (Å²) in [7, 11) is -4.53. The number of nitro benzene ring substituents is 2. The van der Waals surface area contributed by atoms with Crippen LogP contribution in [0.5, 0.6) is 0 Å². The molecule has 2 heterocycles. The second kappa shape index (κ2) is 11.7. The zero-order chi connectivity index (χ0) is 31.8.